The van der Waals surface area contributed by atoms with E-state index in [1.165, 1.54) is 18.2 Å². The van der Waals surface area contributed by atoms with Crippen LogP contribution >= 0.6 is 0 Å². The van der Waals surface area contributed by atoms with Gasteiger partial charge in [-0.15, -0.1) is 0 Å². The number of alkyl halides is 2. The molecule has 0 atom stereocenters. The average molecular weight is 158 g/mol. The van der Waals surface area contributed by atoms with Crippen LogP contribution in [0.2, 0.25) is 0 Å². The molecule has 0 spiro atoms. The fraction of sp³-hybridized carbons (Fsp3) is 0.250. The van der Waals surface area contributed by atoms with Crippen molar-refractivity contribution in [3.05, 3.63) is 35.4 Å². The van der Waals surface area contributed by atoms with Crippen molar-refractivity contribution < 1.29 is 13.9 Å². The lowest BCUT2D eigenvalue weighted by atomic mass is 10.1. The molecule has 1 N–H and O–H groups in total. The fourth-order valence-corrected chi connectivity index (χ4v) is 0.827. The Balaban J connectivity index is 2.91. The molecule has 11 heavy (non-hydrogen) atoms. The lowest BCUT2D eigenvalue weighted by molar-refractivity contribution is 0.151. The van der Waals surface area contributed by atoms with Gasteiger partial charge >= 0.3 is 0 Å². The third kappa shape index (κ3) is 1.98. The van der Waals surface area contributed by atoms with Gasteiger partial charge in [-0.05, 0) is 11.6 Å². The van der Waals surface area contributed by atoms with E-state index in [0.717, 1.165) is 0 Å². The topological polar surface area (TPSA) is 20.2 Å². The average Bonchev–Trinajstić information content (AvgIpc) is 2.05. The fourth-order valence-electron chi connectivity index (χ4n) is 0.827. The Morgan fingerprint density at radius 3 is 2.64 bits per heavy atom. The quantitative estimate of drug-likeness (QED) is 0.698. The van der Waals surface area contributed by atoms with Crippen LogP contribution in [0.5, 0.6) is 0 Å². The zero-order chi connectivity index (χ0) is 8.27. The van der Waals surface area contributed by atoms with Gasteiger partial charge in [-0.3, -0.25) is 0 Å². The normalized spacial score (nSPS) is 10.5. The summed E-state index contributed by atoms with van der Waals surface area (Å²) >= 11 is 0. The van der Waals surface area contributed by atoms with Crippen molar-refractivity contribution in [1.29, 1.82) is 0 Å². The van der Waals surface area contributed by atoms with Crippen LogP contribution in [0.3, 0.4) is 0 Å². The second kappa shape index (κ2) is 3.44. The van der Waals surface area contributed by atoms with Gasteiger partial charge in [0, 0.05) is 5.56 Å². The molecule has 1 nitrogen and oxygen atoms in total. The van der Waals surface area contributed by atoms with Gasteiger partial charge in [0.05, 0.1) is 6.61 Å². The summed E-state index contributed by atoms with van der Waals surface area (Å²) in [5.74, 6) is 0. The van der Waals surface area contributed by atoms with Crippen LogP contribution in [0.25, 0.3) is 0 Å². The smallest absolute Gasteiger partial charge is 0.263 e. The van der Waals surface area contributed by atoms with Gasteiger partial charge < -0.3 is 5.11 Å². The third-order valence-corrected chi connectivity index (χ3v) is 1.39. The van der Waals surface area contributed by atoms with E-state index in [1.54, 1.807) is 6.07 Å². The monoisotopic (exact) mass is 158 g/mol. The molecule has 0 radical (unpaired) electrons. The number of aliphatic hydroxyl groups excluding tert-OH is 1. The van der Waals surface area contributed by atoms with Gasteiger partial charge in [0.2, 0.25) is 0 Å². The first-order valence-corrected chi connectivity index (χ1v) is 3.22. The first-order chi connectivity index (χ1) is 5.24. The van der Waals surface area contributed by atoms with Gasteiger partial charge in [-0.25, -0.2) is 8.78 Å². The van der Waals surface area contributed by atoms with Crippen molar-refractivity contribution in [2.75, 3.05) is 0 Å². The molecule has 1 aromatic rings. The van der Waals surface area contributed by atoms with Crippen molar-refractivity contribution in [2.45, 2.75) is 13.0 Å². The molecule has 0 unspecified atom stereocenters. The van der Waals surface area contributed by atoms with E-state index >= 15 is 0 Å². The molecule has 0 amide bonds. The number of benzene rings is 1. The van der Waals surface area contributed by atoms with Gasteiger partial charge in [0.25, 0.3) is 6.43 Å². The molecule has 0 fully saturated rings. The maximum atomic E-state index is 12.0. The predicted octanol–water partition coefficient (Wildman–Crippen LogP) is 2.12. The van der Waals surface area contributed by atoms with Crippen LogP contribution in [0.1, 0.15) is 17.6 Å². The van der Waals surface area contributed by atoms with Crippen LogP contribution in [-0.4, -0.2) is 5.11 Å². The molecule has 60 valence electrons. The molecular weight excluding hydrogens is 150 g/mol. The molecule has 0 aliphatic heterocycles. The second-order valence-electron chi connectivity index (χ2n) is 2.20. The third-order valence-electron chi connectivity index (χ3n) is 1.39. The highest BCUT2D eigenvalue weighted by molar-refractivity contribution is 5.23. The molecule has 3 heteroatoms. The summed E-state index contributed by atoms with van der Waals surface area (Å²) in [6.45, 7) is -0.194. The molecule has 1 rings (SSSR count). The zero-order valence-corrected chi connectivity index (χ0v) is 5.80. The molecule has 0 bridgehead atoms. The highest BCUT2D eigenvalue weighted by atomic mass is 19.3. The van der Waals surface area contributed by atoms with Gasteiger partial charge in [0.1, 0.15) is 0 Å². The van der Waals surface area contributed by atoms with Crippen LogP contribution in [-0.2, 0) is 6.61 Å². The van der Waals surface area contributed by atoms with Gasteiger partial charge in [-0.1, -0.05) is 18.2 Å². The zero-order valence-electron chi connectivity index (χ0n) is 5.80. The first-order valence-electron chi connectivity index (χ1n) is 3.22. The summed E-state index contributed by atoms with van der Waals surface area (Å²) < 4.78 is 24.0. The van der Waals surface area contributed by atoms with Crippen molar-refractivity contribution in [2.24, 2.45) is 0 Å². The molecule has 0 aromatic heterocycles. The van der Waals surface area contributed by atoms with E-state index in [2.05, 4.69) is 0 Å². The largest absolute Gasteiger partial charge is 0.392 e. The molecule has 0 aliphatic rings. The molecule has 0 saturated heterocycles. The van der Waals surface area contributed by atoms with E-state index in [-0.39, 0.29) is 12.2 Å². The van der Waals surface area contributed by atoms with E-state index < -0.39 is 6.43 Å². The maximum Gasteiger partial charge on any atom is 0.263 e. The minimum atomic E-state index is -2.46. The van der Waals surface area contributed by atoms with Crippen LogP contribution < -0.4 is 0 Å². The van der Waals surface area contributed by atoms with Crippen LogP contribution in [0.15, 0.2) is 24.3 Å². The highest BCUT2D eigenvalue weighted by Crippen LogP contribution is 2.19. The minimum absolute atomic E-state index is 0.0449. The SMILES string of the molecule is OCc1cccc(C(F)F)c1. The number of hydrogen-bond acceptors (Lipinski definition) is 1. The Morgan fingerprint density at radius 1 is 1.36 bits per heavy atom. The van der Waals surface area contributed by atoms with E-state index in [1.807, 2.05) is 0 Å². The van der Waals surface area contributed by atoms with Crippen LogP contribution in [0.4, 0.5) is 8.78 Å². The van der Waals surface area contributed by atoms with Crippen molar-refractivity contribution >= 4 is 0 Å². The lowest BCUT2D eigenvalue weighted by Gasteiger charge is -2.00. The first kappa shape index (κ1) is 8.14. The summed E-state index contributed by atoms with van der Waals surface area (Å²) in [5, 5.41) is 8.60. The summed E-state index contributed by atoms with van der Waals surface area (Å²) in [5.41, 5.74) is 0.472. The van der Waals surface area contributed by atoms with Crippen molar-refractivity contribution in [3.63, 3.8) is 0 Å². The minimum Gasteiger partial charge on any atom is -0.392 e. The number of hydrogen-bond donors (Lipinski definition) is 1. The second-order valence-corrected chi connectivity index (χ2v) is 2.20. The van der Waals surface area contributed by atoms with Crippen molar-refractivity contribution in [1.82, 2.24) is 0 Å². The summed E-state index contributed by atoms with van der Waals surface area (Å²) in [7, 11) is 0. The standard InChI is InChI=1S/C8H8F2O/c9-8(10)7-3-1-2-6(4-7)5-11/h1-4,8,11H,5H2. The Bertz CT molecular complexity index is 235. The Kier molecular flexibility index (Phi) is 2.54. The summed E-state index contributed by atoms with van der Waals surface area (Å²) in [4.78, 5) is 0. The molecular formula is C8H8F2O. The Labute approximate surface area is 63.3 Å². The molecule has 0 aliphatic carbocycles. The lowest BCUT2D eigenvalue weighted by Crippen LogP contribution is -1.87. The molecule has 0 saturated carbocycles. The van der Waals surface area contributed by atoms with Crippen molar-refractivity contribution in [3.8, 4) is 0 Å². The summed E-state index contributed by atoms with van der Waals surface area (Å²) in [6.07, 6.45) is -2.46. The predicted molar refractivity (Wildman–Crippen MR) is 37.3 cm³/mol. The van der Waals surface area contributed by atoms with E-state index in [0.29, 0.717) is 5.56 Å². The number of rotatable bonds is 2. The van der Waals surface area contributed by atoms with E-state index in [9.17, 15) is 8.78 Å². The maximum absolute atomic E-state index is 12.0. The van der Waals surface area contributed by atoms with Gasteiger partial charge in [-0.2, -0.15) is 0 Å². The highest BCUT2D eigenvalue weighted by Gasteiger charge is 2.05. The Morgan fingerprint density at radius 2 is 2.09 bits per heavy atom. The number of halogens is 2. The number of aliphatic hydroxyl groups is 1. The summed E-state index contributed by atoms with van der Waals surface area (Å²) in [6, 6.07) is 5.74. The van der Waals surface area contributed by atoms with E-state index in [4.69, 9.17) is 5.11 Å². The molecule has 0 heterocycles. The molecule has 1 aromatic carbocycles. The van der Waals surface area contributed by atoms with Crippen LogP contribution in [0, 0.1) is 0 Å². The van der Waals surface area contributed by atoms with Gasteiger partial charge in [0.15, 0.2) is 0 Å². The Hall–Kier alpha value is -0.960.